The molecule has 0 N–H and O–H groups in total. The van der Waals surface area contributed by atoms with Gasteiger partial charge in [-0.05, 0) is 24.3 Å². The van der Waals surface area contributed by atoms with Crippen molar-refractivity contribution >= 4 is 35.0 Å². The van der Waals surface area contributed by atoms with Crippen LogP contribution in [0.25, 0.3) is 16.9 Å². The Morgan fingerprint density at radius 1 is 1.00 bits per heavy atom. The molecule has 0 saturated heterocycles. The highest BCUT2D eigenvalue weighted by molar-refractivity contribution is 6.30. The second-order valence-corrected chi connectivity index (χ2v) is 6.81. The molecule has 0 fully saturated rings. The standard InChI is InChI=1S/C22H13ClF3N3O2/c23-16-9-6-13(7-10-16)18-20(28-22(26)31-21(24)25)27-17-11-8-15(12-29(17)18)19(30)14-4-2-1-3-5-14/h1-12,21H. The molecule has 4 aromatic rings. The summed E-state index contributed by atoms with van der Waals surface area (Å²) in [5.41, 5.74) is 1.99. The Hall–Kier alpha value is -3.65. The SMILES string of the molecule is O=C(c1ccccc1)c1ccc2nc(N=C(F)OC(F)F)c(-c3ccc(Cl)cc3)n2c1. The predicted octanol–water partition coefficient (Wildman–Crippen LogP) is 6.08. The maximum Gasteiger partial charge on any atom is 0.390 e. The summed E-state index contributed by atoms with van der Waals surface area (Å²) in [6.45, 7) is -3.37. The molecule has 9 heteroatoms. The summed E-state index contributed by atoms with van der Waals surface area (Å²) in [6.07, 6.45) is -0.193. The van der Waals surface area contributed by atoms with Gasteiger partial charge in [-0.1, -0.05) is 54.1 Å². The number of aromatic nitrogens is 2. The Morgan fingerprint density at radius 2 is 1.71 bits per heavy atom. The largest absolute Gasteiger partial charge is 0.393 e. The van der Waals surface area contributed by atoms with Crippen LogP contribution in [-0.2, 0) is 4.74 Å². The van der Waals surface area contributed by atoms with Crippen LogP contribution < -0.4 is 0 Å². The average Bonchev–Trinajstić information content (AvgIpc) is 3.10. The van der Waals surface area contributed by atoms with Crippen molar-refractivity contribution in [3.05, 3.63) is 89.1 Å². The highest BCUT2D eigenvalue weighted by Crippen LogP contribution is 2.33. The number of imidazole rings is 1. The molecule has 0 saturated carbocycles. The lowest BCUT2D eigenvalue weighted by molar-refractivity contribution is -0.0688. The van der Waals surface area contributed by atoms with Crippen LogP contribution in [0, 0.1) is 0 Å². The number of aliphatic imine (C=N–C) groups is 1. The Labute approximate surface area is 179 Å². The van der Waals surface area contributed by atoms with E-state index in [0.29, 0.717) is 27.4 Å². The number of pyridine rings is 1. The van der Waals surface area contributed by atoms with Crippen LogP contribution in [0.4, 0.5) is 19.0 Å². The van der Waals surface area contributed by atoms with Gasteiger partial charge in [-0.15, -0.1) is 4.39 Å². The van der Waals surface area contributed by atoms with E-state index in [-0.39, 0.29) is 17.3 Å². The maximum absolute atomic E-state index is 13.8. The number of carbonyl (C=O) groups is 1. The number of hydrogen-bond donors (Lipinski definition) is 0. The molecule has 0 radical (unpaired) electrons. The molecule has 0 aliphatic rings. The van der Waals surface area contributed by atoms with Gasteiger partial charge in [0.25, 0.3) is 0 Å². The number of nitrogens with zero attached hydrogens (tertiary/aromatic N) is 3. The second kappa shape index (κ2) is 8.61. The highest BCUT2D eigenvalue weighted by Gasteiger charge is 2.19. The van der Waals surface area contributed by atoms with E-state index in [1.807, 2.05) is 0 Å². The minimum Gasteiger partial charge on any atom is -0.393 e. The third-order valence-corrected chi connectivity index (χ3v) is 4.65. The van der Waals surface area contributed by atoms with Crippen LogP contribution in [0.15, 0.2) is 77.9 Å². The van der Waals surface area contributed by atoms with Crippen LogP contribution in [0.3, 0.4) is 0 Å². The third-order valence-electron chi connectivity index (χ3n) is 4.40. The summed E-state index contributed by atoms with van der Waals surface area (Å²) >= 11 is 5.95. The fourth-order valence-corrected chi connectivity index (χ4v) is 3.19. The summed E-state index contributed by atoms with van der Waals surface area (Å²) in [4.78, 5) is 20.5. The van der Waals surface area contributed by atoms with E-state index in [2.05, 4.69) is 14.7 Å². The number of rotatable bonds is 5. The van der Waals surface area contributed by atoms with Gasteiger partial charge in [-0.2, -0.15) is 13.8 Å². The van der Waals surface area contributed by atoms with Crippen molar-refractivity contribution in [1.82, 2.24) is 9.38 Å². The van der Waals surface area contributed by atoms with Crippen molar-refractivity contribution in [3.8, 4) is 11.3 Å². The second-order valence-electron chi connectivity index (χ2n) is 6.38. The topological polar surface area (TPSA) is 56.0 Å². The Bertz CT molecular complexity index is 1270. The van der Waals surface area contributed by atoms with Crippen molar-refractivity contribution in [2.75, 3.05) is 0 Å². The zero-order valence-corrected chi connectivity index (χ0v) is 16.4. The molecule has 2 aromatic heterocycles. The molecule has 2 heterocycles. The van der Waals surface area contributed by atoms with Gasteiger partial charge < -0.3 is 4.74 Å². The van der Waals surface area contributed by atoms with E-state index in [1.165, 1.54) is 10.6 Å². The molecular weight excluding hydrogens is 431 g/mol. The van der Waals surface area contributed by atoms with Crippen molar-refractivity contribution in [2.45, 2.75) is 6.61 Å². The molecule has 5 nitrogen and oxygen atoms in total. The number of alkyl halides is 2. The van der Waals surface area contributed by atoms with Gasteiger partial charge in [0.2, 0.25) is 0 Å². The number of ether oxygens (including phenoxy) is 1. The summed E-state index contributed by atoms with van der Waals surface area (Å²) in [6, 6.07) is 18.3. The lowest BCUT2D eigenvalue weighted by atomic mass is 10.1. The minimum absolute atomic E-state index is 0.190. The molecule has 0 atom stereocenters. The molecule has 0 amide bonds. The summed E-state index contributed by atoms with van der Waals surface area (Å²) in [7, 11) is 0. The van der Waals surface area contributed by atoms with Crippen molar-refractivity contribution in [2.24, 2.45) is 4.99 Å². The van der Waals surface area contributed by atoms with Gasteiger partial charge >= 0.3 is 12.8 Å². The molecule has 4 rings (SSSR count). The normalized spacial score (nSPS) is 11.8. The number of carbonyl (C=O) groups excluding carboxylic acids is 1. The van der Waals surface area contributed by atoms with Gasteiger partial charge in [0.15, 0.2) is 11.6 Å². The number of benzene rings is 2. The Morgan fingerprint density at radius 3 is 2.39 bits per heavy atom. The van der Waals surface area contributed by atoms with Gasteiger partial charge in [0, 0.05) is 27.9 Å². The average molecular weight is 444 g/mol. The highest BCUT2D eigenvalue weighted by atomic mass is 35.5. The summed E-state index contributed by atoms with van der Waals surface area (Å²) in [5.74, 6) is -0.416. The van der Waals surface area contributed by atoms with Crippen molar-refractivity contribution < 1.29 is 22.7 Å². The van der Waals surface area contributed by atoms with E-state index >= 15 is 0 Å². The summed E-state index contributed by atoms with van der Waals surface area (Å²) in [5, 5.41) is 0.467. The zero-order chi connectivity index (χ0) is 22.0. The van der Waals surface area contributed by atoms with Crippen LogP contribution in [0.2, 0.25) is 5.02 Å². The number of fused-ring (bicyclic) bond motifs is 1. The third kappa shape index (κ3) is 4.44. The molecule has 31 heavy (non-hydrogen) atoms. The quantitative estimate of drug-likeness (QED) is 0.213. The smallest absolute Gasteiger partial charge is 0.390 e. The lowest BCUT2D eigenvalue weighted by Crippen LogP contribution is -2.04. The molecule has 2 aromatic carbocycles. The van der Waals surface area contributed by atoms with Crippen LogP contribution in [0.1, 0.15) is 15.9 Å². The number of ketones is 1. The van der Waals surface area contributed by atoms with Gasteiger partial charge in [0.1, 0.15) is 5.65 Å². The van der Waals surface area contributed by atoms with E-state index in [1.54, 1.807) is 66.7 Å². The number of halogens is 4. The lowest BCUT2D eigenvalue weighted by Gasteiger charge is -2.06. The van der Waals surface area contributed by atoms with Crippen molar-refractivity contribution in [1.29, 1.82) is 0 Å². The first kappa shape index (κ1) is 20.6. The summed E-state index contributed by atoms with van der Waals surface area (Å²) < 4.78 is 43.7. The van der Waals surface area contributed by atoms with Crippen LogP contribution in [-0.4, -0.2) is 27.9 Å². The monoisotopic (exact) mass is 443 g/mol. The first-order valence-electron chi connectivity index (χ1n) is 8.99. The minimum atomic E-state index is -3.37. The molecule has 0 aliphatic carbocycles. The zero-order valence-electron chi connectivity index (χ0n) is 15.7. The fourth-order valence-electron chi connectivity index (χ4n) is 3.06. The van der Waals surface area contributed by atoms with Gasteiger partial charge in [0.05, 0.1) is 5.69 Å². The van der Waals surface area contributed by atoms with E-state index in [4.69, 9.17) is 11.6 Å². The molecule has 0 bridgehead atoms. The van der Waals surface area contributed by atoms with Crippen LogP contribution >= 0.6 is 11.6 Å². The van der Waals surface area contributed by atoms with E-state index in [0.717, 1.165) is 0 Å². The van der Waals surface area contributed by atoms with Gasteiger partial charge in [-0.3, -0.25) is 9.20 Å². The number of hydrogen-bond acceptors (Lipinski definition) is 4. The predicted molar refractivity (Wildman–Crippen MR) is 111 cm³/mol. The van der Waals surface area contributed by atoms with E-state index < -0.39 is 12.8 Å². The Balaban J connectivity index is 1.88. The molecular formula is C22H13ClF3N3O2. The molecule has 0 unspecified atom stereocenters. The van der Waals surface area contributed by atoms with Crippen molar-refractivity contribution in [3.63, 3.8) is 0 Å². The van der Waals surface area contributed by atoms with Crippen LogP contribution in [0.5, 0.6) is 0 Å². The molecule has 0 aliphatic heterocycles. The van der Waals surface area contributed by atoms with E-state index in [9.17, 15) is 18.0 Å². The first-order valence-corrected chi connectivity index (χ1v) is 9.37. The molecule has 0 spiro atoms. The Kier molecular flexibility index (Phi) is 5.73. The molecule has 156 valence electrons. The first-order chi connectivity index (χ1) is 14.9. The fraction of sp³-hybridized carbons (Fsp3) is 0.0455. The van der Waals surface area contributed by atoms with Gasteiger partial charge in [-0.25, -0.2) is 4.98 Å². The maximum atomic E-state index is 13.8.